The van der Waals surface area contributed by atoms with E-state index in [0.29, 0.717) is 43.4 Å². The largest absolute Gasteiger partial charge is 0.385 e. The lowest BCUT2D eigenvalue weighted by atomic mass is 9.84. The van der Waals surface area contributed by atoms with Gasteiger partial charge in [0.05, 0.1) is 11.3 Å². The molecule has 1 fully saturated rings. The van der Waals surface area contributed by atoms with Gasteiger partial charge in [-0.3, -0.25) is 5.32 Å². The number of aliphatic hydroxyl groups is 2. The van der Waals surface area contributed by atoms with Crippen LogP contribution in [0.5, 0.6) is 0 Å². The second-order valence-corrected chi connectivity index (χ2v) is 10.5. The zero-order chi connectivity index (χ0) is 26.7. The third-order valence-corrected chi connectivity index (χ3v) is 7.29. The maximum absolute atomic E-state index is 11.3. The number of benzene rings is 2. The van der Waals surface area contributed by atoms with Crippen molar-refractivity contribution in [2.24, 2.45) is 0 Å². The summed E-state index contributed by atoms with van der Waals surface area (Å²) in [6.45, 7) is 2.93. The number of hydrogen-bond donors (Lipinski definition) is 4. The minimum atomic E-state index is -0.867. The molecule has 3 heterocycles. The van der Waals surface area contributed by atoms with Crippen molar-refractivity contribution in [1.29, 1.82) is 0 Å². The fourth-order valence-electron chi connectivity index (χ4n) is 4.78. The molecule has 200 valence electrons. The molecule has 0 amide bonds. The minimum absolute atomic E-state index is 0.490. The quantitative estimate of drug-likeness (QED) is 0.240. The van der Waals surface area contributed by atoms with Crippen molar-refractivity contribution in [3.05, 3.63) is 83.0 Å². The molecule has 0 aliphatic carbocycles. The van der Waals surface area contributed by atoms with Crippen LogP contribution in [-0.2, 0) is 5.60 Å². The van der Waals surface area contributed by atoms with Gasteiger partial charge < -0.3 is 25.3 Å². The van der Waals surface area contributed by atoms with Crippen molar-refractivity contribution in [2.45, 2.75) is 24.7 Å². The Morgan fingerprint density at radius 3 is 2.45 bits per heavy atom. The standard InChI is InChI=1S/C28H34ClN7O2/c1-34(2)19-15-30-26(37)20-5-11-23(12-6-20)31-27-32-25-24(4-3-16-36(25)33-27)35-17-13-28(38,14-18-35)21-7-9-22(29)10-8-21/h3-12,16,26,30,37-38H,13-15,17-19H2,1-2H3,(H,31,33). The van der Waals surface area contributed by atoms with E-state index < -0.39 is 11.8 Å². The first-order valence-electron chi connectivity index (χ1n) is 12.8. The van der Waals surface area contributed by atoms with Crippen molar-refractivity contribution < 1.29 is 10.2 Å². The Morgan fingerprint density at radius 1 is 1.05 bits per heavy atom. The van der Waals surface area contributed by atoms with E-state index in [1.54, 1.807) is 4.52 Å². The third-order valence-electron chi connectivity index (χ3n) is 7.03. The molecular formula is C28H34ClN7O2. The highest BCUT2D eigenvalue weighted by atomic mass is 35.5. The van der Waals surface area contributed by atoms with Gasteiger partial charge in [-0.2, -0.15) is 4.98 Å². The van der Waals surface area contributed by atoms with E-state index in [9.17, 15) is 10.2 Å². The highest BCUT2D eigenvalue weighted by Crippen LogP contribution is 2.36. The van der Waals surface area contributed by atoms with Gasteiger partial charge in [0.2, 0.25) is 5.95 Å². The molecule has 38 heavy (non-hydrogen) atoms. The summed E-state index contributed by atoms with van der Waals surface area (Å²) < 4.78 is 1.77. The number of piperidine rings is 1. The summed E-state index contributed by atoms with van der Waals surface area (Å²) in [5.41, 5.74) is 3.39. The molecule has 1 saturated heterocycles. The first-order valence-corrected chi connectivity index (χ1v) is 13.2. The van der Waals surface area contributed by atoms with Crippen molar-refractivity contribution in [2.75, 3.05) is 50.5 Å². The van der Waals surface area contributed by atoms with Gasteiger partial charge in [0, 0.05) is 43.1 Å². The Morgan fingerprint density at radius 2 is 1.76 bits per heavy atom. The minimum Gasteiger partial charge on any atom is -0.385 e. The van der Waals surface area contributed by atoms with Crippen molar-refractivity contribution in [1.82, 2.24) is 24.8 Å². The summed E-state index contributed by atoms with van der Waals surface area (Å²) in [7, 11) is 4.00. The van der Waals surface area contributed by atoms with Crippen LogP contribution in [0, 0.1) is 0 Å². The van der Waals surface area contributed by atoms with E-state index in [4.69, 9.17) is 16.6 Å². The van der Waals surface area contributed by atoms with Crippen LogP contribution < -0.4 is 15.5 Å². The Bertz CT molecular complexity index is 1350. The van der Waals surface area contributed by atoms with E-state index in [1.807, 2.05) is 81.0 Å². The second kappa shape index (κ2) is 11.3. The molecule has 1 atom stereocenters. The lowest BCUT2D eigenvalue weighted by Gasteiger charge is -2.39. The van der Waals surface area contributed by atoms with Gasteiger partial charge in [-0.05, 0) is 74.5 Å². The lowest BCUT2D eigenvalue weighted by Crippen LogP contribution is -2.42. The summed E-state index contributed by atoms with van der Waals surface area (Å²) in [5, 5.41) is 33.3. The maximum Gasteiger partial charge on any atom is 0.247 e. The molecule has 2 aromatic heterocycles. The Balaban J connectivity index is 1.25. The molecule has 10 heteroatoms. The highest BCUT2D eigenvalue weighted by molar-refractivity contribution is 6.30. The van der Waals surface area contributed by atoms with Crippen LogP contribution in [0.2, 0.25) is 5.02 Å². The number of hydrogen-bond acceptors (Lipinski definition) is 8. The SMILES string of the molecule is CN(C)CCNC(O)c1ccc(Nc2nc3c(N4CCC(O)(c5ccc(Cl)cc5)CC4)cccn3n2)cc1. The van der Waals surface area contributed by atoms with E-state index >= 15 is 0 Å². The summed E-state index contributed by atoms with van der Waals surface area (Å²) in [5.74, 6) is 0.490. The molecule has 1 aliphatic rings. The molecule has 0 radical (unpaired) electrons. The molecule has 0 bridgehead atoms. The van der Waals surface area contributed by atoms with Gasteiger partial charge in [-0.15, -0.1) is 5.10 Å². The van der Waals surface area contributed by atoms with Crippen LogP contribution >= 0.6 is 11.6 Å². The van der Waals surface area contributed by atoms with Gasteiger partial charge in [0.15, 0.2) is 5.65 Å². The zero-order valence-corrected chi connectivity index (χ0v) is 22.4. The highest BCUT2D eigenvalue weighted by Gasteiger charge is 2.34. The predicted octanol–water partition coefficient (Wildman–Crippen LogP) is 3.76. The fourth-order valence-corrected chi connectivity index (χ4v) is 4.90. The van der Waals surface area contributed by atoms with Gasteiger partial charge in [0.1, 0.15) is 6.23 Å². The fraction of sp³-hybridized carbons (Fsp3) is 0.357. The normalized spacial score (nSPS) is 16.2. The van der Waals surface area contributed by atoms with Gasteiger partial charge in [-0.1, -0.05) is 35.9 Å². The topological polar surface area (TPSA) is 101 Å². The van der Waals surface area contributed by atoms with E-state index in [0.717, 1.165) is 34.7 Å². The molecule has 9 nitrogen and oxygen atoms in total. The Hall–Kier alpha value is -3.21. The zero-order valence-electron chi connectivity index (χ0n) is 21.7. The van der Waals surface area contributed by atoms with Crippen molar-refractivity contribution in [3.63, 3.8) is 0 Å². The molecule has 4 aromatic rings. The number of pyridine rings is 1. The van der Waals surface area contributed by atoms with Crippen LogP contribution in [0.3, 0.4) is 0 Å². The second-order valence-electron chi connectivity index (χ2n) is 10.0. The number of fused-ring (bicyclic) bond motifs is 1. The molecule has 0 saturated carbocycles. The number of nitrogens with one attached hydrogen (secondary N) is 2. The number of halogens is 1. The van der Waals surface area contributed by atoms with Crippen LogP contribution in [0.1, 0.15) is 30.2 Å². The van der Waals surface area contributed by atoms with E-state index in [1.165, 1.54) is 0 Å². The number of aliphatic hydroxyl groups excluding tert-OH is 1. The molecule has 4 N–H and O–H groups in total. The number of aromatic nitrogens is 3. The first-order chi connectivity index (χ1) is 18.3. The summed E-state index contributed by atoms with van der Waals surface area (Å²) in [4.78, 5) is 9.07. The number of nitrogens with zero attached hydrogens (tertiary/aromatic N) is 5. The van der Waals surface area contributed by atoms with Crippen molar-refractivity contribution >= 4 is 34.6 Å². The molecule has 5 rings (SSSR count). The van der Waals surface area contributed by atoms with Gasteiger partial charge in [0.25, 0.3) is 0 Å². The number of likely N-dealkylation sites (N-methyl/N-ethyl adjacent to an activating group) is 1. The van der Waals surface area contributed by atoms with Gasteiger partial charge in [-0.25, -0.2) is 4.52 Å². The van der Waals surface area contributed by atoms with Crippen LogP contribution in [0.4, 0.5) is 17.3 Å². The molecule has 1 unspecified atom stereocenters. The molecule has 0 spiro atoms. The summed E-state index contributed by atoms with van der Waals surface area (Å²) >= 11 is 6.03. The number of anilines is 3. The number of rotatable bonds is 9. The van der Waals surface area contributed by atoms with Gasteiger partial charge >= 0.3 is 0 Å². The van der Waals surface area contributed by atoms with E-state index in [-0.39, 0.29) is 0 Å². The van der Waals surface area contributed by atoms with Crippen LogP contribution in [-0.4, -0.2) is 70.0 Å². The lowest BCUT2D eigenvalue weighted by molar-refractivity contribution is 0.0118. The average molecular weight is 536 g/mol. The molecular weight excluding hydrogens is 502 g/mol. The first kappa shape index (κ1) is 26.4. The van der Waals surface area contributed by atoms with Crippen LogP contribution in [0.15, 0.2) is 66.9 Å². The van der Waals surface area contributed by atoms with Crippen LogP contribution in [0.25, 0.3) is 5.65 Å². The summed E-state index contributed by atoms with van der Waals surface area (Å²) in [6, 6.07) is 19.0. The predicted molar refractivity (Wildman–Crippen MR) is 151 cm³/mol. The summed E-state index contributed by atoms with van der Waals surface area (Å²) in [6.07, 6.45) is 2.37. The Kier molecular flexibility index (Phi) is 7.83. The third kappa shape index (κ3) is 5.92. The molecule has 2 aromatic carbocycles. The monoisotopic (exact) mass is 535 g/mol. The molecule has 1 aliphatic heterocycles. The maximum atomic E-state index is 11.3. The average Bonchev–Trinajstić information content (AvgIpc) is 3.32. The van der Waals surface area contributed by atoms with Crippen molar-refractivity contribution in [3.8, 4) is 0 Å². The Labute approximate surface area is 227 Å². The van der Waals surface area contributed by atoms with E-state index in [2.05, 4.69) is 25.5 Å². The smallest absolute Gasteiger partial charge is 0.247 e.